The number of hydrogen-bond donors (Lipinski definition) is 1. The number of nitrogens with two attached hydrogens (primary N) is 1. The average Bonchev–Trinajstić information content (AvgIpc) is 2.48. The Labute approximate surface area is 122 Å². The Kier molecular flexibility index (Phi) is 4.94. The van der Waals surface area contributed by atoms with Crippen LogP contribution in [0, 0.1) is 0 Å². The highest BCUT2D eigenvalue weighted by Gasteiger charge is 2.02. The van der Waals surface area contributed by atoms with Crippen molar-refractivity contribution in [3.8, 4) is 0 Å². The molecule has 0 spiro atoms. The predicted molar refractivity (Wildman–Crippen MR) is 89.1 cm³/mol. The number of alkyl halides is 1. The Hall–Kier alpha value is -1.38. The van der Waals surface area contributed by atoms with Gasteiger partial charge in [0.2, 0.25) is 0 Å². The Morgan fingerprint density at radius 2 is 1.47 bits per heavy atom. The molecule has 19 heavy (non-hydrogen) atoms. The van der Waals surface area contributed by atoms with Gasteiger partial charge in [0.05, 0.1) is 0 Å². The molecule has 0 fully saturated rings. The largest absolute Gasteiger partial charge is 0.333 e. The van der Waals surface area contributed by atoms with Crippen LogP contribution in [0.2, 0.25) is 0 Å². The monoisotopic (exact) mass is 315 g/mol. The molecule has 0 unspecified atom stereocenters. The van der Waals surface area contributed by atoms with Crippen LogP contribution < -0.4 is 5.73 Å². The number of benzene rings is 3. The van der Waals surface area contributed by atoms with Crippen molar-refractivity contribution in [1.29, 1.82) is 0 Å². The van der Waals surface area contributed by atoms with E-state index in [1.807, 2.05) is 0 Å². The number of hydrogen-bond acceptors (Lipinski definition) is 1. The lowest BCUT2D eigenvalue weighted by Gasteiger charge is -2.07. The van der Waals surface area contributed by atoms with Crippen LogP contribution in [0.15, 0.2) is 54.6 Å². The number of aryl methyl sites for hydroxylation is 1. The lowest BCUT2D eigenvalue weighted by molar-refractivity contribution is 1.19. The molecule has 0 aliphatic heterocycles. The van der Waals surface area contributed by atoms with E-state index >= 15 is 0 Å². The molecule has 0 radical (unpaired) electrons. The highest BCUT2D eigenvalue weighted by Crippen LogP contribution is 2.25. The quantitative estimate of drug-likeness (QED) is 0.546. The summed E-state index contributed by atoms with van der Waals surface area (Å²) < 4.78 is 0. The van der Waals surface area contributed by atoms with Crippen molar-refractivity contribution in [3.63, 3.8) is 0 Å². The molecule has 3 rings (SSSR count). The number of rotatable bonds is 2. The van der Waals surface area contributed by atoms with Crippen molar-refractivity contribution >= 4 is 37.5 Å². The van der Waals surface area contributed by atoms with E-state index < -0.39 is 0 Å². The Balaban J connectivity index is 0.000000637. The van der Waals surface area contributed by atoms with Crippen molar-refractivity contribution in [2.45, 2.75) is 6.42 Å². The first-order chi connectivity index (χ1) is 9.38. The van der Waals surface area contributed by atoms with Crippen LogP contribution in [0.4, 0.5) is 0 Å². The molecule has 1 nitrogen and oxygen atoms in total. The Morgan fingerprint density at radius 1 is 0.842 bits per heavy atom. The smallest absolute Gasteiger partial charge is 0.00720 e. The fourth-order valence-corrected chi connectivity index (χ4v) is 2.78. The van der Waals surface area contributed by atoms with Crippen molar-refractivity contribution in [1.82, 2.24) is 0 Å². The minimum Gasteiger partial charge on any atom is -0.333 e. The topological polar surface area (TPSA) is 26.0 Å². The summed E-state index contributed by atoms with van der Waals surface area (Å²) in [6.07, 6.45) is 1.08. The molecule has 0 aliphatic rings. The molecular weight excluding hydrogens is 298 g/mol. The highest BCUT2D eigenvalue weighted by molar-refractivity contribution is 9.09. The van der Waals surface area contributed by atoms with E-state index in [0.29, 0.717) is 0 Å². The van der Waals surface area contributed by atoms with Gasteiger partial charge in [0.15, 0.2) is 0 Å². The van der Waals surface area contributed by atoms with Gasteiger partial charge in [0, 0.05) is 5.33 Å². The number of halogens is 1. The van der Waals surface area contributed by atoms with Gasteiger partial charge in [0.1, 0.15) is 0 Å². The van der Waals surface area contributed by atoms with E-state index in [4.69, 9.17) is 0 Å². The van der Waals surface area contributed by atoms with Crippen LogP contribution in [-0.4, -0.2) is 12.4 Å². The summed E-state index contributed by atoms with van der Waals surface area (Å²) in [6.45, 7) is 0. The van der Waals surface area contributed by atoms with Crippen LogP contribution in [0.5, 0.6) is 0 Å². The Bertz CT molecular complexity index is 676. The van der Waals surface area contributed by atoms with Crippen LogP contribution >= 0.6 is 15.9 Å². The van der Waals surface area contributed by atoms with Gasteiger partial charge >= 0.3 is 0 Å². The maximum Gasteiger partial charge on any atom is 0.00720 e. The molecule has 3 aromatic rings. The van der Waals surface area contributed by atoms with Crippen LogP contribution in [0.1, 0.15) is 5.56 Å². The molecular formula is C17H18BrN. The van der Waals surface area contributed by atoms with E-state index in [1.54, 1.807) is 0 Å². The zero-order valence-corrected chi connectivity index (χ0v) is 12.7. The molecule has 0 heterocycles. The molecule has 0 saturated heterocycles. The summed E-state index contributed by atoms with van der Waals surface area (Å²) in [7, 11) is 1.50. The molecule has 98 valence electrons. The molecule has 0 bridgehead atoms. The highest BCUT2D eigenvalue weighted by atomic mass is 79.9. The summed E-state index contributed by atoms with van der Waals surface area (Å²) in [6, 6.07) is 19.7. The third-order valence-electron chi connectivity index (χ3n) is 3.20. The Morgan fingerprint density at radius 3 is 2.16 bits per heavy atom. The standard InChI is InChI=1S/C16H13Br.CH5N/c17-9-8-12-6-3-7-15-10-13-4-1-2-5-14(13)11-16(12)15;1-2/h1-7,10-11H,8-9H2;2H2,1H3. The normalized spacial score (nSPS) is 10.3. The third kappa shape index (κ3) is 2.96. The van der Waals surface area contributed by atoms with Gasteiger partial charge in [0.25, 0.3) is 0 Å². The van der Waals surface area contributed by atoms with Gasteiger partial charge in [-0.3, -0.25) is 0 Å². The first-order valence-corrected chi connectivity index (χ1v) is 7.55. The summed E-state index contributed by atoms with van der Waals surface area (Å²) >= 11 is 3.52. The summed E-state index contributed by atoms with van der Waals surface area (Å²) in [4.78, 5) is 0. The van der Waals surface area contributed by atoms with Crippen LogP contribution in [0.25, 0.3) is 21.5 Å². The first-order valence-electron chi connectivity index (χ1n) is 6.42. The minimum atomic E-state index is 1.01. The average molecular weight is 316 g/mol. The molecule has 2 heteroatoms. The fraction of sp³-hybridized carbons (Fsp3) is 0.176. The van der Waals surface area contributed by atoms with Gasteiger partial charge in [-0.25, -0.2) is 0 Å². The van der Waals surface area contributed by atoms with Crippen LogP contribution in [-0.2, 0) is 6.42 Å². The minimum absolute atomic E-state index is 1.01. The molecule has 0 aliphatic carbocycles. The maximum atomic E-state index is 4.50. The van der Waals surface area contributed by atoms with Crippen molar-refractivity contribution in [3.05, 3.63) is 60.2 Å². The van der Waals surface area contributed by atoms with Gasteiger partial charge in [-0.1, -0.05) is 58.4 Å². The van der Waals surface area contributed by atoms with Gasteiger partial charge in [-0.15, -0.1) is 0 Å². The molecule has 3 aromatic carbocycles. The molecule has 0 amide bonds. The van der Waals surface area contributed by atoms with Gasteiger partial charge in [-0.05, 0) is 52.7 Å². The van der Waals surface area contributed by atoms with Gasteiger partial charge in [-0.2, -0.15) is 0 Å². The lowest BCUT2D eigenvalue weighted by Crippen LogP contribution is -1.88. The summed E-state index contributed by atoms with van der Waals surface area (Å²) in [5, 5.41) is 6.37. The second-order valence-electron chi connectivity index (χ2n) is 4.28. The van der Waals surface area contributed by atoms with Gasteiger partial charge < -0.3 is 5.73 Å². The third-order valence-corrected chi connectivity index (χ3v) is 3.60. The molecule has 0 atom stereocenters. The van der Waals surface area contributed by atoms with E-state index in [-0.39, 0.29) is 0 Å². The van der Waals surface area contributed by atoms with E-state index in [2.05, 4.69) is 76.3 Å². The molecule has 0 saturated carbocycles. The zero-order valence-electron chi connectivity index (χ0n) is 11.1. The van der Waals surface area contributed by atoms with E-state index in [9.17, 15) is 0 Å². The van der Waals surface area contributed by atoms with Crippen LogP contribution in [0.3, 0.4) is 0 Å². The van der Waals surface area contributed by atoms with Crippen molar-refractivity contribution in [2.24, 2.45) is 5.73 Å². The molecule has 0 aromatic heterocycles. The van der Waals surface area contributed by atoms with Crippen molar-refractivity contribution in [2.75, 3.05) is 12.4 Å². The second kappa shape index (κ2) is 6.69. The zero-order chi connectivity index (χ0) is 13.7. The predicted octanol–water partition coefficient (Wildman–Crippen LogP) is 4.51. The second-order valence-corrected chi connectivity index (χ2v) is 5.07. The molecule has 2 N–H and O–H groups in total. The lowest BCUT2D eigenvalue weighted by atomic mass is 9.99. The van der Waals surface area contributed by atoms with E-state index in [1.165, 1.54) is 34.2 Å². The maximum absolute atomic E-state index is 4.50. The SMILES string of the molecule is BrCCc1cccc2cc3ccccc3cc12.CN. The number of fused-ring (bicyclic) bond motifs is 2. The van der Waals surface area contributed by atoms with E-state index in [0.717, 1.165) is 11.8 Å². The summed E-state index contributed by atoms with van der Waals surface area (Å²) in [5.74, 6) is 0. The first kappa shape index (κ1) is 14.0. The van der Waals surface area contributed by atoms with Crippen molar-refractivity contribution < 1.29 is 0 Å². The summed E-state index contributed by atoms with van der Waals surface area (Å²) in [5.41, 5.74) is 5.92. The fourth-order valence-electron chi connectivity index (χ4n) is 2.35.